The smallest absolute Gasteiger partial charge is 0.0911 e. The summed E-state index contributed by atoms with van der Waals surface area (Å²) < 4.78 is 0. The third-order valence-corrected chi connectivity index (χ3v) is 15.4. The lowest BCUT2D eigenvalue weighted by Crippen LogP contribution is -2.58. The lowest BCUT2D eigenvalue weighted by Gasteiger charge is -2.35. The van der Waals surface area contributed by atoms with Crippen LogP contribution >= 0.6 is 23.5 Å². The van der Waals surface area contributed by atoms with E-state index in [4.69, 9.17) is 0 Å². The van der Waals surface area contributed by atoms with Gasteiger partial charge in [-0.1, -0.05) is 224 Å². The first-order valence-corrected chi connectivity index (χ1v) is 22.5. The molecule has 0 amide bonds. The molecule has 0 spiro atoms. The van der Waals surface area contributed by atoms with Crippen LogP contribution in [0.4, 0.5) is 0 Å². The van der Waals surface area contributed by atoms with Gasteiger partial charge < -0.3 is 0 Å². The summed E-state index contributed by atoms with van der Waals surface area (Å²) in [5.41, 5.74) is 14.5. The van der Waals surface area contributed by atoms with Gasteiger partial charge in [0, 0.05) is 25.0 Å². The maximum atomic E-state index is 2.52. The predicted molar refractivity (Wildman–Crippen MR) is 260 cm³/mol. The van der Waals surface area contributed by atoms with Gasteiger partial charge >= 0.3 is 0 Å². The molecule has 0 bridgehead atoms. The van der Waals surface area contributed by atoms with E-state index >= 15 is 0 Å². The summed E-state index contributed by atoms with van der Waals surface area (Å²) in [4.78, 5) is 5.41. The molecule has 2 aliphatic rings. The van der Waals surface area contributed by atoms with Crippen LogP contribution in [-0.4, -0.2) is 6.71 Å². The molecule has 12 rings (SSSR count). The molecule has 2 aliphatic heterocycles. The SMILES string of the molecule is CC(C)(c1ccccc1)c1ccc2c(c1)B1c3ccccc3Sc3cc(-c4c5ccccc5c(-c5ccc(-c6ccccc6)c6ccccc56)c5ccccc45)cc(c31)S2. The zero-order valence-corrected chi connectivity index (χ0v) is 35.1. The average molecular weight is 799 g/mol. The highest BCUT2D eigenvalue weighted by atomic mass is 32.2. The standard InChI is InChI=1S/C57H39BS2/c1-57(2,38-19-7-4-8-20-38)39-29-32-51-49(35-39)58-48-27-15-16-28-50(48)59-52-33-37(34-53(60-51)56(52)58)54-43-23-11-13-25-45(43)55(46-26-14-12-24-44(46)54)47-31-30-40(36-17-5-3-6-18-36)41-21-9-10-22-42(41)47/h3-35H,1-2H3. The highest BCUT2D eigenvalue weighted by Crippen LogP contribution is 2.49. The van der Waals surface area contributed by atoms with E-state index in [2.05, 4.69) is 214 Å². The van der Waals surface area contributed by atoms with E-state index in [-0.39, 0.29) is 12.1 Å². The van der Waals surface area contributed by atoms with Crippen molar-refractivity contribution in [2.24, 2.45) is 0 Å². The monoisotopic (exact) mass is 798 g/mol. The van der Waals surface area contributed by atoms with Crippen molar-refractivity contribution in [2.45, 2.75) is 38.8 Å². The van der Waals surface area contributed by atoms with Crippen molar-refractivity contribution >= 4 is 78.9 Å². The summed E-state index contributed by atoms with van der Waals surface area (Å²) >= 11 is 3.88. The van der Waals surface area contributed by atoms with Crippen molar-refractivity contribution < 1.29 is 0 Å². The molecular formula is C57H39BS2. The molecule has 0 aliphatic carbocycles. The Hall–Kier alpha value is -6.26. The van der Waals surface area contributed by atoms with Crippen molar-refractivity contribution in [3.63, 3.8) is 0 Å². The average Bonchev–Trinajstić information content (AvgIpc) is 3.30. The van der Waals surface area contributed by atoms with Gasteiger partial charge in [-0.2, -0.15) is 0 Å². The first-order valence-electron chi connectivity index (χ1n) is 20.9. The van der Waals surface area contributed by atoms with E-state index in [9.17, 15) is 0 Å². The molecule has 10 aromatic carbocycles. The third kappa shape index (κ3) is 5.49. The molecule has 0 atom stereocenters. The summed E-state index contributed by atoms with van der Waals surface area (Å²) in [6.07, 6.45) is 0. The van der Waals surface area contributed by atoms with Crippen LogP contribution in [-0.2, 0) is 5.41 Å². The molecule has 0 saturated carbocycles. The molecule has 0 radical (unpaired) electrons. The van der Waals surface area contributed by atoms with Crippen LogP contribution in [0.1, 0.15) is 25.0 Å². The molecule has 282 valence electrons. The maximum absolute atomic E-state index is 2.52. The molecule has 2 heterocycles. The largest absolute Gasteiger partial charge is 0.247 e. The van der Waals surface area contributed by atoms with Crippen molar-refractivity contribution in [1.82, 2.24) is 0 Å². The maximum Gasteiger partial charge on any atom is 0.247 e. The molecular weight excluding hydrogens is 760 g/mol. The van der Waals surface area contributed by atoms with Gasteiger partial charge in [-0.25, -0.2) is 0 Å². The second-order valence-corrected chi connectivity index (χ2v) is 18.9. The number of hydrogen-bond acceptors (Lipinski definition) is 2. The first-order chi connectivity index (χ1) is 29.5. The molecule has 0 N–H and O–H groups in total. The van der Waals surface area contributed by atoms with Crippen LogP contribution in [0.15, 0.2) is 220 Å². The molecule has 10 aromatic rings. The predicted octanol–water partition coefficient (Wildman–Crippen LogP) is 13.9. The number of hydrogen-bond donors (Lipinski definition) is 0. The molecule has 0 nitrogen and oxygen atoms in total. The van der Waals surface area contributed by atoms with Crippen molar-refractivity contribution in [3.8, 4) is 33.4 Å². The van der Waals surface area contributed by atoms with E-state index in [0.717, 1.165) is 0 Å². The van der Waals surface area contributed by atoms with E-state index in [1.807, 2.05) is 23.5 Å². The Kier molecular flexibility index (Phi) is 8.27. The Morgan fingerprint density at radius 2 is 0.850 bits per heavy atom. The van der Waals surface area contributed by atoms with Crippen LogP contribution in [0, 0.1) is 0 Å². The molecule has 60 heavy (non-hydrogen) atoms. The highest BCUT2D eigenvalue weighted by Gasteiger charge is 2.39. The van der Waals surface area contributed by atoms with Gasteiger partial charge in [0.2, 0.25) is 6.71 Å². The fraction of sp³-hybridized carbons (Fsp3) is 0.0526. The van der Waals surface area contributed by atoms with E-state index in [0.29, 0.717) is 0 Å². The fourth-order valence-corrected chi connectivity index (χ4v) is 12.6. The first kappa shape index (κ1) is 35.7. The Morgan fingerprint density at radius 1 is 0.350 bits per heavy atom. The zero-order valence-electron chi connectivity index (χ0n) is 33.4. The van der Waals surface area contributed by atoms with Crippen molar-refractivity contribution in [3.05, 3.63) is 211 Å². The Bertz CT molecular complexity index is 3280. The minimum atomic E-state index is -0.124. The van der Waals surface area contributed by atoms with E-state index < -0.39 is 0 Å². The Labute approximate surface area is 360 Å². The second kappa shape index (κ2) is 13.9. The molecule has 0 saturated heterocycles. The quantitative estimate of drug-likeness (QED) is 0.126. The van der Waals surface area contributed by atoms with Crippen LogP contribution in [0.3, 0.4) is 0 Å². The summed E-state index contributed by atoms with van der Waals surface area (Å²) in [6.45, 7) is 4.89. The summed E-state index contributed by atoms with van der Waals surface area (Å²) in [6, 6.07) is 74.9. The second-order valence-electron chi connectivity index (χ2n) is 16.7. The summed E-state index contributed by atoms with van der Waals surface area (Å²) in [7, 11) is 0. The normalized spacial score (nSPS) is 13.0. The van der Waals surface area contributed by atoms with Crippen molar-refractivity contribution in [1.29, 1.82) is 0 Å². The summed E-state index contributed by atoms with van der Waals surface area (Å²) in [5.74, 6) is 0. The highest BCUT2D eigenvalue weighted by molar-refractivity contribution is 8.01. The molecule has 0 fully saturated rings. The van der Waals surface area contributed by atoms with Gasteiger partial charge in [-0.3, -0.25) is 0 Å². The van der Waals surface area contributed by atoms with Gasteiger partial charge in [0.05, 0.1) is 0 Å². The lowest BCUT2D eigenvalue weighted by molar-refractivity contribution is 0.641. The topological polar surface area (TPSA) is 0 Å². The van der Waals surface area contributed by atoms with Crippen molar-refractivity contribution in [2.75, 3.05) is 0 Å². The zero-order chi connectivity index (χ0) is 40.0. The number of rotatable bonds is 5. The van der Waals surface area contributed by atoms with Crippen LogP contribution < -0.4 is 16.4 Å². The van der Waals surface area contributed by atoms with E-state index in [1.54, 1.807) is 0 Å². The Balaban J connectivity index is 1.07. The fourth-order valence-electron chi connectivity index (χ4n) is 10.1. The lowest BCUT2D eigenvalue weighted by atomic mass is 9.36. The van der Waals surface area contributed by atoms with Gasteiger partial charge in [-0.05, 0) is 107 Å². The van der Waals surface area contributed by atoms with Gasteiger partial charge in [-0.15, -0.1) is 0 Å². The molecule has 0 aromatic heterocycles. The van der Waals surface area contributed by atoms with Gasteiger partial charge in [0.1, 0.15) is 0 Å². The van der Waals surface area contributed by atoms with Gasteiger partial charge in [0.15, 0.2) is 0 Å². The molecule has 0 unspecified atom stereocenters. The minimum Gasteiger partial charge on any atom is -0.0911 e. The third-order valence-electron chi connectivity index (χ3n) is 13.1. The molecule has 3 heteroatoms. The number of benzene rings is 10. The van der Waals surface area contributed by atoms with Crippen LogP contribution in [0.25, 0.3) is 65.7 Å². The Morgan fingerprint density at radius 3 is 1.50 bits per heavy atom. The van der Waals surface area contributed by atoms with E-state index in [1.165, 1.54) is 113 Å². The number of fused-ring (bicyclic) bond motifs is 7. The van der Waals surface area contributed by atoms with Crippen LogP contribution in [0.2, 0.25) is 0 Å². The summed E-state index contributed by atoms with van der Waals surface area (Å²) in [5, 5.41) is 7.65. The minimum absolute atomic E-state index is 0.124. The van der Waals surface area contributed by atoms with Gasteiger partial charge in [0.25, 0.3) is 0 Å². The van der Waals surface area contributed by atoms with Crippen LogP contribution in [0.5, 0.6) is 0 Å².